The molecule has 0 aliphatic heterocycles. The largest absolute Gasteiger partial charge is 0.465 e. The van der Waals surface area contributed by atoms with Crippen molar-refractivity contribution in [3.8, 4) is 11.3 Å². The first kappa shape index (κ1) is 14.0. The lowest BCUT2D eigenvalue weighted by molar-refractivity contribution is -0.137. The van der Waals surface area contributed by atoms with Crippen molar-refractivity contribution >= 4 is 11.7 Å². The molecule has 4 nitrogen and oxygen atoms in total. The number of rotatable bonds is 2. The summed E-state index contributed by atoms with van der Waals surface area (Å²) in [5, 5.41) is 0. The molecule has 2 N–H and O–H groups in total. The number of hydrogen-bond donors (Lipinski definition) is 1. The van der Waals surface area contributed by atoms with E-state index in [-0.39, 0.29) is 22.6 Å². The first-order chi connectivity index (χ1) is 9.34. The Morgan fingerprint density at radius 2 is 2.05 bits per heavy atom. The van der Waals surface area contributed by atoms with E-state index in [1.807, 2.05) is 0 Å². The van der Waals surface area contributed by atoms with Gasteiger partial charge in [0.05, 0.1) is 24.5 Å². The highest BCUT2D eigenvalue weighted by atomic mass is 19.4. The second-order valence-electron chi connectivity index (χ2n) is 3.95. The molecule has 20 heavy (non-hydrogen) atoms. The van der Waals surface area contributed by atoms with E-state index in [0.29, 0.717) is 6.07 Å². The minimum Gasteiger partial charge on any atom is -0.465 e. The monoisotopic (exact) mass is 285 g/mol. The summed E-state index contributed by atoms with van der Waals surface area (Å²) in [4.78, 5) is 11.5. The molecule has 0 bridgehead atoms. The average molecular weight is 285 g/mol. The molecule has 0 spiro atoms. The normalized spacial score (nSPS) is 11.4. The molecule has 2 aromatic rings. The van der Waals surface area contributed by atoms with Gasteiger partial charge in [-0.25, -0.2) is 4.79 Å². The van der Waals surface area contributed by atoms with Gasteiger partial charge in [0.25, 0.3) is 0 Å². The molecule has 0 fully saturated rings. The van der Waals surface area contributed by atoms with Gasteiger partial charge in [0.1, 0.15) is 5.76 Å². The van der Waals surface area contributed by atoms with Crippen LogP contribution in [0.5, 0.6) is 0 Å². The van der Waals surface area contributed by atoms with Crippen molar-refractivity contribution in [2.45, 2.75) is 6.18 Å². The van der Waals surface area contributed by atoms with Crippen LogP contribution in [0.25, 0.3) is 11.3 Å². The molecule has 2 rings (SSSR count). The lowest BCUT2D eigenvalue weighted by atomic mass is 9.99. The van der Waals surface area contributed by atoms with Crippen LogP contribution in [-0.4, -0.2) is 13.1 Å². The van der Waals surface area contributed by atoms with Crippen molar-refractivity contribution in [1.29, 1.82) is 0 Å². The van der Waals surface area contributed by atoms with Gasteiger partial charge in [-0.2, -0.15) is 13.2 Å². The van der Waals surface area contributed by atoms with E-state index in [1.165, 1.54) is 18.4 Å². The van der Waals surface area contributed by atoms with E-state index in [2.05, 4.69) is 4.74 Å². The van der Waals surface area contributed by atoms with Gasteiger partial charge in [-0.1, -0.05) is 0 Å². The number of alkyl halides is 3. The predicted octanol–water partition coefficient (Wildman–Crippen LogP) is 3.33. The van der Waals surface area contributed by atoms with Gasteiger partial charge in [-0.3, -0.25) is 0 Å². The molecule has 0 saturated carbocycles. The van der Waals surface area contributed by atoms with Crippen LogP contribution < -0.4 is 5.73 Å². The van der Waals surface area contributed by atoms with Crippen LogP contribution in [0.3, 0.4) is 0 Å². The summed E-state index contributed by atoms with van der Waals surface area (Å²) >= 11 is 0. The van der Waals surface area contributed by atoms with Crippen molar-refractivity contribution in [2.24, 2.45) is 0 Å². The Labute approximate surface area is 111 Å². The van der Waals surface area contributed by atoms with Gasteiger partial charge in [-0.05, 0) is 24.3 Å². The molecule has 0 saturated heterocycles. The molecule has 0 radical (unpaired) electrons. The maximum atomic E-state index is 13.0. The van der Waals surface area contributed by atoms with Crippen LogP contribution in [0.2, 0.25) is 0 Å². The molecule has 0 atom stereocenters. The van der Waals surface area contributed by atoms with E-state index < -0.39 is 17.7 Å². The summed E-state index contributed by atoms with van der Waals surface area (Å²) in [6.45, 7) is 0. The molecule has 106 valence electrons. The van der Waals surface area contributed by atoms with Crippen molar-refractivity contribution in [3.63, 3.8) is 0 Å². The molecule has 0 unspecified atom stereocenters. The zero-order valence-electron chi connectivity index (χ0n) is 10.3. The van der Waals surface area contributed by atoms with Crippen LogP contribution in [-0.2, 0) is 10.9 Å². The molecule has 1 aromatic carbocycles. The van der Waals surface area contributed by atoms with Gasteiger partial charge in [0, 0.05) is 11.3 Å². The first-order valence-electron chi connectivity index (χ1n) is 5.47. The number of anilines is 1. The number of nitrogens with two attached hydrogens (primary N) is 1. The fraction of sp³-hybridized carbons (Fsp3) is 0.154. The minimum absolute atomic E-state index is 0.0116. The molecular weight excluding hydrogens is 275 g/mol. The molecule has 1 heterocycles. The molecular formula is C13H10F3NO3. The van der Waals surface area contributed by atoms with Crippen molar-refractivity contribution in [1.82, 2.24) is 0 Å². The Hall–Kier alpha value is -2.44. The third kappa shape index (κ3) is 2.47. The number of methoxy groups -OCH3 is 1. The SMILES string of the molecule is COC(=O)c1cc(-c2ccco2)c(C(F)(F)F)cc1N. The van der Waals surface area contributed by atoms with E-state index >= 15 is 0 Å². The van der Waals surface area contributed by atoms with Gasteiger partial charge >= 0.3 is 12.1 Å². The van der Waals surface area contributed by atoms with Gasteiger partial charge in [0.15, 0.2) is 0 Å². The van der Waals surface area contributed by atoms with Gasteiger partial charge in [0.2, 0.25) is 0 Å². The van der Waals surface area contributed by atoms with E-state index in [0.717, 1.165) is 13.2 Å². The number of hydrogen-bond acceptors (Lipinski definition) is 4. The summed E-state index contributed by atoms with van der Waals surface area (Å²) in [7, 11) is 1.12. The number of halogens is 3. The second-order valence-corrected chi connectivity index (χ2v) is 3.95. The molecule has 7 heteroatoms. The standard InChI is InChI=1S/C13H10F3NO3/c1-19-12(18)8-5-7(11-3-2-4-20-11)9(6-10(8)17)13(14,15)16/h2-6H,17H2,1H3. The number of benzene rings is 1. The molecule has 0 amide bonds. The average Bonchev–Trinajstić information content (AvgIpc) is 2.90. The lowest BCUT2D eigenvalue weighted by Gasteiger charge is -2.14. The molecule has 1 aromatic heterocycles. The summed E-state index contributed by atoms with van der Waals surface area (Å²) in [5.74, 6) is -0.827. The lowest BCUT2D eigenvalue weighted by Crippen LogP contribution is -2.12. The predicted molar refractivity (Wildman–Crippen MR) is 64.9 cm³/mol. The van der Waals surface area contributed by atoms with Crippen LogP contribution in [0.4, 0.5) is 18.9 Å². The van der Waals surface area contributed by atoms with E-state index in [9.17, 15) is 18.0 Å². The number of nitrogen functional groups attached to an aromatic ring is 1. The first-order valence-corrected chi connectivity index (χ1v) is 5.47. The van der Waals surface area contributed by atoms with Crippen LogP contribution in [0.1, 0.15) is 15.9 Å². The summed E-state index contributed by atoms with van der Waals surface area (Å²) in [5.41, 5.74) is 3.79. The zero-order chi connectivity index (χ0) is 14.9. The summed E-state index contributed by atoms with van der Waals surface area (Å²) in [6.07, 6.45) is -3.38. The minimum atomic E-state index is -4.62. The highest BCUT2D eigenvalue weighted by Gasteiger charge is 2.35. The smallest absolute Gasteiger partial charge is 0.417 e. The number of carbonyl (C=O) groups is 1. The van der Waals surface area contributed by atoms with Crippen molar-refractivity contribution < 1.29 is 27.1 Å². The van der Waals surface area contributed by atoms with E-state index in [4.69, 9.17) is 10.2 Å². The molecule has 0 aliphatic carbocycles. The fourth-order valence-electron chi connectivity index (χ4n) is 1.77. The van der Waals surface area contributed by atoms with Crippen LogP contribution in [0, 0.1) is 0 Å². The topological polar surface area (TPSA) is 65.5 Å². The third-order valence-electron chi connectivity index (χ3n) is 2.69. The van der Waals surface area contributed by atoms with Crippen molar-refractivity contribution in [2.75, 3.05) is 12.8 Å². The maximum Gasteiger partial charge on any atom is 0.417 e. The second kappa shape index (κ2) is 4.92. The Morgan fingerprint density at radius 3 is 2.55 bits per heavy atom. The Bertz CT molecular complexity index is 633. The van der Waals surface area contributed by atoms with Crippen molar-refractivity contribution in [3.05, 3.63) is 41.7 Å². The Balaban J connectivity index is 2.71. The molecule has 0 aliphatic rings. The maximum absolute atomic E-state index is 13.0. The van der Waals surface area contributed by atoms with Gasteiger partial charge in [-0.15, -0.1) is 0 Å². The number of furan rings is 1. The Kier molecular flexibility index (Phi) is 3.44. The summed E-state index contributed by atoms with van der Waals surface area (Å²) < 4.78 is 48.5. The van der Waals surface area contributed by atoms with Crippen LogP contribution in [0.15, 0.2) is 34.9 Å². The zero-order valence-corrected chi connectivity index (χ0v) is 10.3. The number of esters is 1. The number of carbonyl (C=O) groups excluding carboxylic acids is 1. The fourth-order valence-corrected chi connectivity index (χ4v) is 1.77. The van der Waals surface area contributed by atoms with E-state index in [1.54, 1.807) is 0 Å². The summed E-state index contributed by atoms with van der Waals surface area (Å²) in [6, 6.07) is 4.53. The number of ether oxygens (including phenoxy) is 1. The third-order valence-corrected chi connectivity index (χ3v) is 2.69. The van der Waals surface area contributed by atoms with Gasteiger partial charge < -0.3 is 14.9 Å². The quantitative estimate of drug-likeness (QED) is 0.679. The highest BCUT2D eigenvalue weighted by molar-refractivity contribution is 5.97. The Morgan fingerprint density at radius 1 is 1.35 bits per heavy atom. The highest BCUT2D eigenvalue weighted by Crippen LogP contribution is 2.39. The van der Waals surface area contributed by atoms with Crippen LogP contribution >= 0.6 is 0 Å².